The van der Waals surface area contributed by atoms with E-state index in [1.54, 1.807) is 0 Å². The second-order valence-electron chi connectivity index (χ2n) is 6.94. The maximum absolute atomic E-state index is 10.9. The second-order valence-corrected chi connectivity index (χ2v) is 6.94. The van der Waals surface area contributed by atoms with Gasteiger partial charge in [0.25, 0.3) is 0 Å². The summed E-state index contributed by atoms with van der Waals surface area (Å²) < 4.78 is 5.41. The minimum absolute atomic E-state index is 0.0633. The molecule has 1 aliphatic heterocycles. The minimum Gasteiger partial charge on any atom is -0.392 e. The fourth-order valence-corrected chi connectivity index (χ4v) is 3.34. The molecule has 2 N–H and O–H groups in total. The van der Waals surface area contributed by atoms with Gasteiger partial charge in [-0.2, -0.15) is 0 Å². The number of hydrogen-bond acceptors (Lipinski definition) is 4. The van der Waals surface area contributed by atoms with Crippen LogP contribution in [-0.4, -0.2) is 40.5 Å². The summed E-state index contributed by atoms with van der Waals surface area (Å²) >= 11 is 0. The molecule has 3 rings (SSSR count). The van der Waals surface area contributed by atoms with Crippen LogP contribution in [0.1, 0.15) is 29.5 Å². The first-order valence-corrected chi connectivity index (χ1v) is 8.92. The molecule has 1 heterocycles. The molecule has 2 aromatic carbocycles. The summed E-state index contributed by atoms with van der Waals surface area (Å²) in [5.41, 5.74) is 2.66. The van der Waals surface area contributed by atoms with Crippen LogP contribution in [0.3, 0.4) is 0 Å². The van der Waals surface area contributed by atoms with Gasteiger partial charge in [-0.05, 0) is 16.7 Å². The molecule has 0 spiro atoms. The van der Waals surface area contributed by atoms with Crippen molar-refractivity contribution < 1.29 is 14.9 Å². The lowest BCUT2D eigenvalue weighted by atomic mass is 9.93. The van der Waals surface area contributed by atoms with E-state index in [0.717, 1.165) is 18.7 Å². The fourth-order valence-electron chi connectivity index (χ4n) is 3.34. The molecule has 2 aromatic rings. The van der Waals surface area contributed by atoms with Crippen molar-refractivity contribution in [2.75, 3.05) is 19.8 Å². The number of aliphatic hydroxyl groups is 2. The van der Waals surface area contributed by atoms with Gasteiger partial charge in [-0.15, -0.1) is 0 Å². The van der Waals surface area contributed by atoms with Gasteiger partial charge >= 0.3 is 0 Å². The standard InChI is InChI=1S/C21H27NO3/c23-16-20-8-6-19(7-9-20)15-22(14-18-4-2-1-3-5-18)17-21(24)10-12-25-13-11-21/h1-9,23-24H,10-17H2. The highest BCUT2D eigenvalue weighted by molar-refractivity contribution is 5.22. The number of aliphatic hydroxyl groups excluding tert-OH is 1. The molecule has 134 valence electrons. The highest BCUT2D eigenvalue weighted by Gasteiger charge is 2.32. The maximum Gasteiger partial charge on any atom is 0.0818 e. The van der Waals surface area contributed by atoms with Crippen molar-refractivity contribution in [1.82, 2.24) is 4.90 Å². The van der Waals surface area contributed by atoms with E-state index < -0.39 is 5.60 Å². The number of nitrogens with zero attached hydrogens (tertiary/aromatic N) is 1. The quantitative estimate of drug-likeness (QED) is 0.813. The molecule has 0 amide bonds. The van der Waals surface area contributed by atoms with Crippen molar-refractivity contribution in [3.05, 3.63) is 71.3 Å². The molecule has 0 atom stereocenters. The Morgan fingerprint density at radius 1 is 0.840 bits per heavy atom. The summed E-state index contributed by atoms with van der Waals surface area (Å²) in [6.45, 7) is 3.51. The zero-order valence-corrected chi connectivity index (χ0v) is 14.6. The van der Waals surface area contributed by atoms with Crippen LogP contribution < -0.4 is 0 Å². The van der Waals surface area contributed by atoms with Gasteiger partial charge in [0, 0.05) is 45.7 Å². The van der Waals surface area contributed by atoms with Crippen molar-refractivity contribution in [2.24, 2.45) is 0 Å². The molecule has 0 unspecified atom stereocenters. The highest BCUT2D eigenvalue weighted by atomic mass is 16.5. The molecule has 4 nitrogen and oxygen atoms in total. The maximum atomic E-state index is 10.9. The van der Waals surface area contributed by atoms with Gasteiger partial charge in [0.2, 0.25) is 0 Å². The lowest BCUT2D eigenvalue weighted by molar-refractivity contribution is -0.0821. The first-order chi connectivity index (χ1) is 12.2. The van der Waals surface area contributed by atoms with Crippen LogP contribution in [0, 0.1) is 0 Å². The molecule has 4 heteroatoms. The van der Waals surface area contributed by atoms with Crippen LogP contribution in [0.25, 0.3) is 0 Å². The van der Waals surface area contributed by atoms with Crippen LogP contribution in [-0.2, 0) is 24.4 Å². The van der Waals surface area contributed by atoms with E-state index >= 15 is 0 Å². The Hall–Kier alpha value is -1.72. The topological polar surface area (TPSA) is 52.9 Å². The zero-order valence-electron chi connectivity index (χ0n) is 14.6. The van der Waals surface area contributed by atoms with E-state index in [9.17, 15) is 10.2 Å². The normalized spacial score (nSPS) is 16.9. The molecule has 0 aliphatic carbocycles. The third-order valence-corrected chi connectivity index (χ3v) is 4.80. The average Bonchev–Trinajstić information content (AvgIpc) is 2.63. The summed E-state index contributed by atoms with van der Waals surface area (Å²) in [5.74, 6) is 0. The predicted molar refractivity (Wildman–Crippen MR) is 97.9 cm³/mol. The lowest BCUT2D eigenvalue weighted by Gasteiger charge is -2.37. The fraction of sp³-hybridized carbons (Fsp3) is 0.429. The van der Waals surface area contributed by atoms with Crippen LogP contribution in [0.5, 0.6) is 0 Å². The van der Waals surface area contributed by atoms with E-state index in [2.05, 4.69) is 29.2 Å². The monoisotopic (exact) mass is 341 g/mol. The van der Waals surface area contributed by atoms with Gasteiger partial charge in [-0.25, -0.2) is 0 Å². The van der Waals surface area contributed by atoms with Gasteiger partial charge in [0.05, 0.1) is 12.2 Å². The molecule has 0 aromatic heterocycles. The van der Waals surface area contributed by atoms with Gasteiger partial charge in [0.15, 0.2) is 0 Å². The average molecular weight is 341 g/mol. The Kier molecular flexibility index (Phi) is 6.21. The number of hydrogen-bond donors (Lipinski definition) is 2. The summed E-state index contributed by atoms with van der Waals surface area (Å²) in [6, 6.07) is 18.4. The highest BCUT2D eigenvalue weighted by Crippen LogP contribution is 2.24. The Bertz CT molecular complexity index is 636. The summed E-state index contributed by atoms with van der Waals surface area (Å²) in [5, 5.41) is 20.1. The summed E-state index contributed by atoms with van der Waals surface area (Å²) in [4.78, 5) is 2.30. The van der Waals surface area contributed by atoms with E-state index in [4.69, 9.17) is 4.74 Å². The predicted octanol–water partition coefficient (Wildman–Crippen LogP) is 2.72. The molecule has 0 saturated carbocycles. The number of benzene rings is 2. The minimum atomic E-state index is -0.682. The molecule has 1 saturated heterocycles. The van der Waals surface area contributed by atoms with Crippen molar-refractivity contribution in [3.63, 3.8) is 0 Å². The molecule has 0 radical (unpaired) electrons. The molecule has 0 bridgehead atoms. The van der Waals surface area contributed by atoms with Gasteiger partial charge in [-0.1, -0.05) is 54.6 Å². The number of ether oxygens (including phenoxy) is 1. The van der Waals surface area contributed by atoms with E-state index in [1.807, 2.05) is 30.3 Å². The van der Waals surface area contributed by atoms with Gasteiger partial charge < -0.3 is 14.9 Å². The molecule has 1 fully saturated rings. The van der Waals surface area contributed by atoms with E-state index in [-0.39, 0.29) is 6.61 Å². The third-order valence-electron chi connectivity index (χ3n) is 4.80. The van der Waals surface area contributed by atoms with Crippen LogP contribution in [0.15, 0.2) is 54.6 Å². The smallest absolute Gasteiger partial charge is 0.0818 e. The van der Waals surface area contributed by atoms with E-state index in [1.165, 1.54) is 11.1 Å². The van der Waals surface area contributed by atoms with Gasteiger partial charge in [-0.3, -0.25) is 4.90 Å². The first kappa shape index (κ1) is 18.1. The van der Waals surface area contributed by atoms with Crippen LogP contribution in [0.4, 0.5) is 0 Å². The Labute approximate surface area is 149 Å². The second kappa shape index (κ2) is 8.59. The van der Waals surface area contributed by atoms with Crippen molar-refractivity contribution in [1.29, 1.82) is 0 Å². The Morgan fingerprint density at radius 3 is 2.00 bits per heavy atom. The molecular formula is C21H27NO3. The molecule has 25 heavy (non-hydrogen) atoms. The SMILES string of the molecule is OCc1ccc(CN(Cc2ccccc2)CC2(O)CCOCC2)cc1. The molecular weight excluding hydrogens is 314 g/mol. The molecule has 1 aliphatic rings. The lowest BCUT2D eigenvalue weighted by Crippen LogP contribution is -2.46. The zero-order chi connectivity index (χ0) is 17.5. The van der Waals surface area contributed by atoms with Gasteiger partial charge in [0.1, 0.15) is 0 Å². The van der Waals surface area contributed by atoms with Crippen molar-refractivity contribution in [2.45, 2.75) is 38.1 Å². The van der Waals surface area contributed by atoms with Crippen molar-refractivity contribution >= 4 is 0 Å². The van der Waals surface area contributed by atoms with Crippen LogP contribution >= 0.6 is 0 Å². The summed E-state index contributed by atoms with van der Waals surface area (Å²) in [7, 11) is 0. The third kappa shape index (κ3) is 5.38. The van der Waals surface area contributed by atoms with E-state index in [0.29, 0.717) is 32.6 Å². The van der Waals surface area contributed by atoms with Crippen LogP contribution in [0.2, 0.25) is 0 Å². The first-order valence-electron chi connectivity index (χ1n) is 8.92. The Balaban J connectivity index is 1.72. The Morgan fingerprint density at radius 2 is 1.40 bits per heavy atom. The largest absolute Gasteiger partial charge is 0.392 e. The summed E-state index contributed by atoms with van der Waals surface area (Å²) in [6.07, 6.45) is 1.36. The number of rotatable bonds is 7. The van der Waals surface area contributed by atoms with Crippen molar-refractivity contribution in [3.8, 4) is 0 Å².